The molecule has 0 atom stereocenters. The highest BCUT2D eigenvalue weighted by Crippen LogP contribution is 2.14. The van der Waals surface area contributed by atoms with E-state index in [4.69, 9.17) is 4.74 Å². The van der Waals surface area contributed by atoms with Gasteiger partial charge in [0.1, 0.15) is 5.75 Å². The maximum Gasteiger partial charge on any atom is 0.471 e. The van der Waals surface area contributed by atoms with Gasteiger partial charge in [0.15, 0.2) is 0 Å². The number of hydrogen-bond donors (Lipinski definition) is 2. The molecule has 2 N–H and O–H groups in total. The molecule has 0 unspecified atom stereocenters. The first-order valence-electron chi connectivity index (χ1n) is 6.28. The predicted molar refractivity (Wildman–Crippen MR) is 74.1 cm³/mol. The molecule has 0 bridgehead atoms. The van der Waals surface area contributed by atoms with Crippen molar-refractivity contribution in [3.8, 4) is 5.75 Å². The summed E-state index contributed by atoms with van der Waals surface area (Å²) in [6.45, 7) is -0.416. The van der Waals surface area contributed by atoms with E-state index >= 15 is 0 Å². The molecule has 0 fully saturated rings. The molecule has 22 heavy (non-hydrogen) atoms. The number of ether oxygens (including phenoxy) is 1. The van der Waals surface area contributed by atoms with Gasteiger partial charge in [0.2, 0.25) is 5.91 Å². The SMILES string of the molecule is COc1cccc(/C=C/C(=O)NCCNC(=O)C(F)(F)F)c1. The molecule has 0 saturated carbocycles. The summed E-state index contributed by atoms with van der Waals surface area (Å²) in [7, 11) is 1.52. The van der Waals surface area contributed by atoms with Crippen molar-refractivity contribution in [1.82, 2.24) is 10.6 Å². The Labute approximate surface area is 125 Å². The van der Waals surface area contributed by atoms with Gasteiger partial charge >= 0.3 is 12.1 Å². The predicted octanol–water partition coefficient (Wildman–Crippen LogP) is 1.50. The monoisotopic (exact) mass is 316 g/mol. The molecule has 0 aromatic heterocycles. The summed E-state index contributed by atoms with van der Waals surface area (Å²) < 4.78 is 40.7. The molecule has 1 aromatic carbocycles. The van der Waals surface area contributed by atoms with Gasteiger partial charge in [-0.05, 0) is 23.8 Å². The molecule has 0 aliphatic carbocycles. The van der Waals surface area contributed by atoms with Crippen LogP contribution in [0.3, 0.4) is 0 Å². The van der Waals surface area contributed by atoms with E-state index in [0.29, 0.717) is 5.75 Å². The van der Waals surface area contributed by atoms with Crippen LogP contribution >= 0.6 is 0 Å². The van der Waals surface area contributed by atoms with E-state index in [9.17, 15) is 22.8 Å². The van der Waals surface area contributed by atoms with Gasteiger partial charge in [-0.25, -0.2) is 0 Å². The van der Waals surface area contributed by atoms with Crippen LogP contribution in [-0.4, -0.2) is 38.2 Å². The van der Waals surface area contributed by atoms with E-state index in [0.717, 1.165) is 5.56 Å². The minimum atomic E-state index is -4.92. The van der Waals surface area contributed by atoms with Crippen LogP contribution in [0.2, 0.25) is 0 Å². The quantitative estimate of drug-likeness (QED) is 0.617. The second kappa shape index (κ2) is 8.06. The summed E-state index contributed by atoms with van der Waals surface area (Å²) in [5.41, 5.74) is 0.736. The Kier molecular flexibility index (Phi) is 6.43. The molecule has 8 heteroatoms. The smallest absolute Gasteiger partial charge is 0.471 e. The van der Waals surface area contributed by atoms with Gasteiger partial charge in [0.25, 0.3) is 0 Å². The zero-order valence-electron chi connectivity index (χ0n) is 11.7. The second-order valence-electron chi connectivity index (χ2n) is 4.15. The largest absolute Gasteiger partial charge is 0.497 e. The molecule has 0 aliphatic rings. The Morgan fingerprint density at radius 1 is 1.23 bits per heavy atom. The third kappa shape index (κ3) is 6.29. The number of carbonyl (C=O) groups excluding carboxylic acids is 2. The molecule has 0 heterocycles. The standard InChI is InChI=1S/C14H15F3N2O3/c1-22-11-4-2-3-10(9-11)5-6-12(20)18-7-8-19-13(21)14(15,16)17/h2-6,9H,7-8H2,1H3,(H,18,20)(H,19,21)/b6-5+. The van der Waals surface area contributed by atoms with E-state index in [1.165, 1.54) is 19.3 Å². The number of alkyl halides is 3. The second-order valence-corrected chi connectivity index (χ2v) is 4.15. The number of benzene rings is 1. The van der Waals surface area contributed by atoms with Crippen molar-refractivity contribution in [3.63, 3.8) is 0 Å². The zero-order chi connectivity index (χ0) is 16.6. The first-order valence-corrected chi connectivity index (χ1v) is 6.28. The van der Waals surface area contributed by atoms with Gasteiger partial charge in [-0.3, -0.25) is 9.59 Å². The molecule has 0 spiro atoms. The topological polar surface area (TPSA) is 67.4 Å². The first-order chi connectivity index (χ1) is 10.3. The van der Waals surface area contributed by atoms with Crippen molar-refractivity contribution in [1.29, 1.82) is 0 Å². The highest BCUT2D eigenvalue weighted by molar-refractivity contribution is 5.91. The number of nitrogens with one attached hydrogen (secondary N) is 2. The molecule has 1 rings (SSSR count). The van der Waals surface area contributed by atoms with Crippen LogP contribution < -0.4 is 15.4 Å². The molecular formula is C14H15F3N2O3. The van der Waals surface area contributed by atoms with Crippen LogP contribution in [0.1, 0.15) is 5.56 Å². The minimum Gasteiger partial charge on any atom is -0.497 e. The van der Waals surface area contributed by atoms with Crippen molar-refractivity contribution >= 4 is 17.9 Å². The fraction of sp³-hybridized carbons (Fsp3) is 0.286. The van der Waals surface area contributed by atoms with Gasteiger partial charge in [0.05, 0.1) is 7.11 Å². The zero-order valence-corrected chi connectivity index (χ0v) is 11.7. The third-order valence-electron chi connectivity index (χ3n) is 2.49. The van der Waals surface area contributed by atoms with E-state index in [1.807, 2.05) is 0 Å². The Bertz CT molecular complexity index is 557. The Morgan fingerprint density at radius 3 is 2.55 bits per heavy atom. The van der Waals surface area contributed by atoms with Crippen molar-refractivity contribution < 1.29 is 27.5 Å². The summed E-state index contributed by atoms with van der Waals surface area (Å²) in [5, 5.41) is 4.00. The number of methoxy groups -OCH3 is 1. The van der Waals surface area contributed by atoms with Crippen LogP contribution in [-0.2, 0) is 9.59 Å². The van der Waals surface area contributed by atoms with Crippen LogP contribution in [0.25, 0.3) is 6.08 Å². The lowest BCUT2D eigenvalue weighted by Gasteiger charge is -2.07. The summed E-state index contributed by atoms with van der Waals surface area (Å²) in [6, 6.07) is 6.98. The Balaban J connectivity index is 2.34. The molecule has 5 nitrogen and oxygen atoms in total. The first kappa shape index (κ1) is 17.5. The van der Waals surface area contributed by atoms with E-state index in [2.05, 4.69) is 5.32 Å². The van der Waals surface area contributed by atoms with Crippen LogP contribution in [0.4, 0.5) is 13.2 Å². The lowest BCUT2D eigenvalue weighted by Crippen LogP contribution is -2.40. The Hall–Kier alpha value is -2.51. The van der Waals surface area contributed by atoms with Crippen LogP contribution in [0, 0.1) is 0 Å². The third-order valence-corrected chi connectivity index (χ3v) is 2.49. The normalized spacial score (nSPS) is 11.3. The van der Waals surface area contributed by atoms with Gasteiger partial charge in [0, 0.05) is 19.2 Å². The molecule has 1 aromatic rings. The summed E-state index contributed by atoms with van der Waals surface area (Å²) in [5.74, 6) is -1.88. The summed E-state index contributed by atoms with van der Waals surface area (Å²) >= 11 is 0. The van der Waals surface area contributed by atoms with E-state index in [-0.39, 0.29) is 13.1 Å². The molecular weight excluding hydrogens is 301 g/mol. The van der Waals surface area contributed by atoms with E-state index < -0.39 is 18.0 Å². The van der Waals surface area contributed by atoms with Crippen molar-refractivity contribution in [2.45, 2.75) is 6.18 Å². The number of amides is 2. The molecule has 0 aliphatic heterocycles. The number of hydrogen-bond acceptors (Lipinski definition) is 3. The average molecular weight is 316 g/mol. The Morgan fingerprint density at radius 2 is 1.91 bits per heavy atom. The number of rotatable bonds is 6. The van der Waals surface area contributed by atoms with Gasteiger partial charge in [-0.2, -0.15) is 13.2 Å². The maximum atomic E-state index is 11.9. The fourth-order valence-corrected chi connectivity index (χ4v) is 1.44. The lowest BCUT2D eigenvalue weighted by atomic mass is 10.2. The highest BCUT2D eigenvalue weighted by atomic mass is 19.4. The van der Waals surface area contributed by atoms with Crippen LogP contribution in [0.15, 0.2) is 30.3 Å². The van der Waals surface area contributed by atoms with Gasteiger partial charge in [-0.15, -0.1) is 0 Å². The lowest BCUT2D eigenvalue weighted by molar-refractivity contribution is -0.173. The summed E-state index contributed by atoms with van der Waals surface area (Å²) in [4.78, 5) is 22.0. The van der Waals surface area contributed by atoms with E-state index in [1.54, 1.807) is 29.6 Å². The van der Waals surface area contributed by atoms with Gasteiger partial charge in [-0.1, -0.05) is 12.1 Å². The highest BCUT2D eigenvalue weighted by Gasteiger charge is 2.38. The fourth-order valence-electron chi connectivity index (χ4n) is 1.44. The average Bonchev–Trinajstić information content (AvgIpc) is 2.48. The number of halogens is 3. The molecule has 2 amide bonds. The van der Waals surface area contributed by atoms with Crippen LogP contribution in [0.5, 0.6) is 5.75 Å². The van der Waals surface area contributed by atoms with Crippen molar-refractivity contribution in [2.75, 3.05) is 20.2 Å². The number of carbonyl (C=O) groups is 2. The maximum absolute atomic E-state index is 11.9. The molecule has 0 radical (unpaired) electrons. The summed E-state index contributed by atoms with van der Waals surface area (Å²) in [6.07, 6.45) is -2.15. The van der Waals surface area contributed by atoms with Gasteiger partial charge < -0.3 is 15.4 Å². The molecule has 120 valence electrons. The molecule has 0 saturated heterocycles. The van der Waals surface area contributed by atoms with Crippen molar-refractivity contribution in [3.05, 3.63) is 35.9 Å². The minimum absolute atomic E-state index is 0.108. The van der Waals surface area contributed by atoms with Crippen molar-refractivity contribution in [2.24, 2.45) is 0 Å².